The lowest BCUT2D eigenvalue weighted by atomic mass is 10.1. The minimum absolute atomic E-state index is 0.0195. The molecule has 0 spiro atoms. The van der Waals surface area contributed by atoms with Crippen molar-refractivity contribution in [2.75, 3.05) is 25.1 Å². The van der Waals surface area contributed by atoms with E-state index in [1.807, 2.05) is 71.0 Å². The first-order chi connectivity index (χ1) is 17.3. The van der Waals surface area contributed by atoms with Crippen LogP contribution < -0.4 is 10.2 Å². The quantitative estimate of drug-likeness (QED) is 0.398. The van der Waals surface area contributed by atoms with E-state index in [9.17, 15) is 4.79 Å². The van der Waals surface area contributed by atoms with Gasteiger partial charge < -0.3 is 15.0 Å². The van der Waals surface area contributed by atoms with Crippen LogP contribution >= 0.6 is 11.3 Å². The topological polar surface area (TPSA) is 80.2 Å². The van der Waals surface area contributed by atoms with E-state index >= 15 is 0 Å². The molecule has 0 radical (unpaired) electrons. The second-order valence-corrected chi connectivity index (χ2v) is 10.8. The van der Waals surface area contributed by atoms with Gasteiger partial charge in [0.15, 0.2) is 10.8 Å². The summed E-state index contributed by atoms with van der Waals surface area (Å²) in [6.45, 7) is 11.5. The third-order valence-electron chi connectivity index (χ3n) is 5.52. The number of carbonyl (C=O) groups is 1. The van der Waals surface area contributed by atoms with E-state index in [0.717, 1.165) is 52.6 Å². The van der Waals surface area contributed by atoms with Gasteiger partial charge in [0.2, 0.25) is 5.91 Å². The van der Waals surface area contributed by atoms with E-state index in [2.05, 4.69) is 22.4 Å². The third-order valence-corrected chi connectivity index (χ3v) is 6.57. The molecular weight excluding hydrogens is 470 g/mol. The van der Waals surface area contributed by atoms with Crippen molar-refractivity contribution < 1.29 is 9.53 Å². The second-order valence-electron chi connectivity index (χ2n) is 9.72. The maximum atomic E-state index is 12.5. The van der Waals surface area contributed by atoms with Gasteiger partial charge in [-0.15, -0.1) is 11.3 Å². The van der Waals surface area contributed by atoms with Gasteiger partial charge >= 0.3 is 0 Å². The Morgan fingerprint density at radius 1 is 1.14 bits per heavy atom. The number of aryl methyl sites for hydroxylation is 1. The predicted octanol–water partition coefficient (Wildman–Crippen LogP) is 5.23. The first kappa shape index (κ1) is 27.7. The van der Waals surface area contributed by atoms with Crippen LogP contribution in [0.25, 0.3) is 10.8 Å². The van der Waals surface area contributed by atoms with Gasteiger partial charge in [-0.05, 0) is 45.6 Å². The van der Waals surface area contributed by atoms with E-state index in [-0.39, 0.29) is 18.0 Å². The number of amides is 1. The number of ether oxygens (including phenoxy) is 1. The number of benzene rings is 1. The van der Waals surface area contributed by atoms with Gasteiger partial charge in [-0.2, -0.15) is 0 Å². The maximum Gasteiger partial charge on any atom is 0.239 e. The summed E-state index contributed by atoms with van der Waals surface area (Å²) in [6.07, 6.45) is 5.63. The van der Waals surface area contributed by atoms with Crippen LogP contribution in [0.15, 0.2) is 36.5 Å². The highest BCUT2D eigenvalue weighted by Crippen LogP contribution is 2.32. The smallest absolute Gasteiger partial charge is 0.239 e. The molecule has 7 nitrogen and oxygen atoms in total. The zero-order chi connectivity index (χ0) is 26.1. The van der Waals surface area contributed by atoms with Crippen LogP contribution in [-0.4, -0.2) is 46.6 Å². The SMILES string of the molecule is CC.CN(CC(=O)NC(C)(C)C)c1nc(-c2ncc(CCOCc3ccccc3)s2)nc2c1CCC2. The van der Waals surface area contributed by atoms with Crippen LogP contribution in [0.4, 0.5) is 5.82 Å². The largest absolute Gasteiger partial charge is 0.376 e. The molecule has 0 atom stereocenters. The summed E-state index contributed by atoms with van der Waals surface area (Å²) in [4.78, 5) is 29.9. The highest BCUT2D eigenvalue weighted by molar-refractivity contribution is 7.14. The highest BCUT2D eigenvalue weighted by Gasteiger charge is 2.24. The Morgan fingerprint density at radius 3 is 2.61 bits per heavy atom. The van der Waals surface area contributed by atoms with Gasteiger partial charge in [-0.3, -0.25) is 4.79 Å². The van der Waals surface area contributed by atoms with Gasteiger partial charge in [0.1, 0.15) is 5.82 Å². The molecule has 0 saturated heterocycles. The summed E-state index contributed by atoms with van der Waals surface area (Å²) in [7, 11) is 1.92. The van der Waals surface area contributed by atoms with Crippen molar-refractivity contribution in [3.05, 3.63) is 58.2 Å². The van der Waals surface area contributed by atoms with E-state index in [0.29, 0.717) is 19.0 Å². The Morgan fingerprint density at radius 2 is 1.89 bits per heavy atom. The molecule has 0 bridgehead atoms. The standard InChI is InChI=1S/C26H33N5O2S.C2H6/c1-26(2,3)30-22(32)16-31(4)24-20-11-8-12-21(20)28-23(29-24)25-27-15-19(34-25)13-14-33-17-18-9-6-5-7-10-18;1-2/h5-7,9-10,15H,8,11-14,16-17H2,1-4H3,(H,30,32);1-2H3. The van der Waals surface area contributed by atoms with Crippen LogP contribution in [0.5, 0.6) is 0 Å². The van der Waals surface area contributed by atoms with E-state index < -0.39 is 0 Å². The van der Waals surface area contributed by atoms with Crippen molar-refractivity contribution in [1.29, 1.82) is 0 Å². The zero-order valence-electron chi connectivity index (χ0n) is 22.4. The van der Waals surface area contributed by atoms with Gasteiger partial charge in [0.25, 0.3) is 0 Å². The fraction of sp³-hybridized carbons (Fsp3) is 0.500. The van der Waals surface area contributed by atoms with Gasteiger partial charge in [-0.25, -0.2) is 15.0 Å². The van der Waals surface area contributed by atoms with Crippen molar-refractivity contribution >= 4 is 23.1 Å². The minimum atomic E-state index is -0.265. The maximum absolute atomic E-state index is 12.5. The average molecular weight is 510 g/mol. The first-order valence-electron chi connectivity index (χ1n) is 12.8. The monoisotopic (exact) mass is 509 g/mol. The molecule has 2 aromatic heterocycles. The minimum Gasteiger partial charge on any atom is -0.376 e. The van der Waals surface area contributed by atoms with Gasteiger partial charge in [0.05, 0.1) is 19.8 Å². The molecule has 0 fully saturated rings. The number of aromatic nitrogens is 3. The van der Waals surface area contributed by atoms with Crippen LogP contribution in [0.3, 0.4) is 0 Å². The normalized spacial score (nSPS) is 12.5. The summed E-state index contributed by atoms with van der Waals surface area (Å²) in [5, 5.41) is 3.83. The summed E-state index contributed by atoms with van der Waals surface area (Å²) >= 11 is 1.61. The van der Waals surface area contributed by atoms with Crippen molar-refractivity contribution in [3.63, 3.8) is 0 Å². The molecular formula is C28H39N5O2S. The number of hydrogen-bond donors (Lipinski definition) is 1. The molecule has 1 aromatic carbocycles. The zero-order valence-corrected chi connectivity index (χ0v) is 23.2. The Hall–Kier alpha value is -2.84. The number of carbonyl (C=O) groups excluding carboxylic acids is 1. The molecule has 1 aliphatic rings. The number of rotatable bonds is 9. The van der Waals surface area contributed by atoms with Crippen LogP contribution in [0.2, 0.25) is 0 Å². The van der Waals surface area contributed by atoms with Gasteiger partial charge in [0, 0.05) is 41.3 Å². The van der Waals surface area contributed by atoms with Crippen molar-refractivity contribution in [2.45, 2.75) is 72.4 Å². The van der Waals surface area contributed by atoms with Crippen molar-refractivity contribution in [1.82, 2.24) is 20.3 Å². The summed E-state index contributed by atoms with van der Waals surface area (Å²) in [5.41, 5.74) is 3.14. The first-order valence-corrected chi connectivity index (χ1v) is 13.6. The lowest BCUT2D eigenvalue weighted by molar-refractivity contribution is -0.121. The molecule has 8 heteroatoms. The fourth-order valence-corrected chi connectivity index (χ4v) is 4.86. The summed E-state index contributed by atoms with van der Waals surface area (Å²) in [5.74, 6) is 1.46. The number of hydrogen-bond acceptors (Lipinski definition) is 7. The number of likely N-dealkylation sites (N-methyl/N-ethyl adjacent to an activating group) is 1. The van der Waals surface area contributed by atoms with Crippen molar-refractivity contribution in [3.8, 4) is 10.8 Å². The third kappa shape index (κ3) is 7.83. The number of fused-ring (bicyclic) bond motifs is 1. The van der Waals surface area contributed by atoms with Crippen LogP contribution in [0, 0.1) is 0 Å². The lowest BCUT2D eigenvalue weighted by Crippen LogP contribution is -2.45. The van der Waals surface area contributed by atoms with Gasteiger partial charge in [-0.1, -0.05) is 44.2 Å². The van der Waals surface area contributed by atoms with E-state index in [4.69, 9.17) is 14.7 Å². The molecule has 194 valence electrons. The van der Waals surface area contributed by atoms with Crippen LogP contribution in [0.1, 0.15) is 62.7 Å². The molecule has 2 heterocycles. The molecule has 0 saturated carbocycles. The number of thiazole rings is 1. The molecule has 1 N–H and O–H groups in total. The predicted molar refractivity (Wildman–Crippen MR) is 147 cm³/mol. The fourth-order valence-electron chi connectivity index (χ4n) is 4.04. The van der Waals surface area contributed by atoms with E-state index in [1.165, 1.54) is 5.56 Å². The molecule has 3 aromatic rings. The Kier molecular flexibility index (Phi) is 9.96. The van der Waals surface area contributed by atoms with Crippen molar-refractivity contribution in [2.24, 2.45) is 0 Å². The molecule has 1 amide bonds. The van der Waals surface area contributed by atoms with Crippen LogP contribution in [-0.2, 0) is 35.4 Å². The number of nitrogens with zero attached hydrogens (tertiary/aromatic N) is 4. The second kappa shape index (κ2) is 12.9. The summed E-state index contributed by atoms with van der Waals surface area (Å²) in [6, 6.07) is 10.2. The Bertz CT molecular complexity index is 1120. The number of nitrogens with one attached hydrogen (secondary N) is 1. The number of anilines is 1. The Balaban J connectivity index is 0.00000176. The lowest BCUT2D eigenvalue weighted by Gasteiger charge is -2.25. The molecule has 0 aliphatic heterocycles. The van der Waals surface area contributed by atoms with E-state index in [1.54, 1.807) is 11.3 Å². The summed E-state index contributed by atoms with van der Waals surface area (Å²) < 4.78 is 5.82. The average Bonchev–Trinajstić information content (AvgIpc) is 3.51. The molecule has 4 rings (SSSR count). The molecule has 1 aliphatic carbocycles. The molecule has 0 unspecified atom stereocenters. The highest BCUT2D eigenvalue weighted by atomic mass is 32.1. The Labute approximate surface area is 219 Å². The molecule has 36 heavy (non-hydrogen) atoms.